The maximum atomic E-state index is 12.0. The molecule has 9 nitrogen and oxygen atoms in total. The van der Waals surface area contributed by atoms with Crippen molar-refractivity contribution in [2.75, 3.05) is 30.8 Å². The molecule has 0 aliphatic carbocycles. The quantitative estimate of drug-likeness (QED) is 0.543. The molecule has 0 saturated heterocycles. The van der Waals surface area contributed by atoms with E-state index < -0.39 is 0 Å². The van der Waals surface area contributed by atoms with E-state index in [1.165, 1.54) is 6.33 Å². The lowest BCUT2D eigenvalue weighted by Gasteiger charge is -2.10. The molecule has 0 atom stereocenters. The Morgan fingerprint density at radius 3 is 2.75 bits per heavy atom. The third kappa shape index (κ3) is 4.97. The van der Waals surface area contributed by atoms with Gasteiger partial charge in [-0.2, -0.15) is 5.10 Å². The highest BCUT2D eigenvalue weighted by molar-refractivity contribution is 5.89. The normalized spacial score (nSPS) is 10.4. The summed E-state index contributed by atoms with van der Waals surface area (Å²) < 4.78 is 6.90. The van der Waals surface area contributed by atoms with Crippen LogP contribution in [0, 0.1) is 13.8 Å². The lowest BCUT2D eigenvalue weighted by atomic mass is 10.3. The summed E-state index contributed by atoms with van der Waals surface area (Å²) in [5, 5.41) is 13.1. The number of anilines is 2. The van der Waals surface area contributed by atoms with Crippen molar-refractivity contribution in [3.05, 3.63) is 54.1 Å². The van der Waals surface area contributed by atoms with Gasteiger partial charge in [0.25, 0.3) is 0 Å². The molecule has 0 unspecified atom stereocenters. The Morgan fingerprint density at radius 2 is 2.00 bits per heavy atom. The van der Waals surface area contributed by atoms with E-state index in [-0.39, 0.29) is 6.03 Å². The van der Waals surface area contributed by atoms with Crippen molar-refractivity contribution in [3.8, 4) is 11.6 Å². The number of hydrogen-bond donors (Lipinski definition) is 3. The van der Waals surface area contributed by atoms with E-state index >= 15 is 0 Å². The van der Waals surface area contributed by atoms with Gasteiger partial charge in [-0.1, -0.05) is 6.07 Å². The van der Waals surface area contributed by atoms with E-state index in [9.17, 15) is 4.79 Å². The fourth-order valence-corrected chi connectivity index (χ4v) is 2.66. The van der Waals surface area contributed by atoms with E-state index in [1.54, 1.807) is 23.9 Å². The molecule has 0 aliphatic rings. The molecule has 146 valence electrons. The molecular weight excluding hydrogens is 358 g/mol. The Morgan fingerprint density at radius 1 is 1.14 bits per heavy atom. The molecule has 0 bridgehead atoms. The summed E-state index contributed by atoms with van der Waals surface area (Å²) in [6.45, 7) is 4.85. The van der Waals surface area contributed by atoms with Crippen LogP contribution >= 0.6 is 0 Å². The Balaban J connectivity index is 1.48. The number of ether oxygens (including phenoxy) is 1. The molecule has 0 aliphatic heterocycles. The minimum Gasteiger partial charge on any atom is -0.497 e. The highest BCUT2D eigenvalue weighted by Crippen LogP contribution is 2.16. The van der Waals surface area contributed by atoms with Crippen LogP contribution in [0.1, 0.15) is 11.4 Å². The second-order valence-electron chi connectivity index (χ2n) is 6.14. The van der Waals surface area contributed by atoms with Crippen LogP contribution in [0.25, 0.3) is 5.82 Å². The van der Waals surface area contributed by atoms with Crippen LogP contribution in [0.3, 0.4) is 0 Å². The van der Waals surface area contributed by atoms with E-state index in [4.69, 9.17) is 4.74 Å². The highest BCUT2D eigenvalue weighted by atomic mass is 16.5. The maximum Gasteiger partial charge on any atom is 0.319 e. The third-order valence-electron chi connectivity index (χ3n) is 3.92. The summed E-state index contributed by atoms with van der Waals surface area (Å²) in [7, 11) is 1.58. The number of amides is 2. The number of aromatic nitrogens is 4. The lowest BCUT2D eigenvalue weighted by molar-refractivity contribution is 0.252. The molecule has 3 aromatic rings. The molecule has 2 aromatic heterocycles. The number of carbonyl (C=O) groups is 1. The Kier molecular flexibility index (Phi) is 6.05. The number of aryl methyl sites for hydroxylation is 2. The molecule has 9 heteroatoms. The van der Waals surface area contributed by atoms with Gasteiger partial charge in [0.2, 0.25) is 0 Å². The van der Waals surface area contributed by atoms with Gasteiger partial charge in [0.15, 0.2) is 5.82 Å². The van der Waals surface area contributed by atoms with E-state index in [0.29, 0.717) is 36.2 Å². The van der Waals surface area contributed by atoms with Gasteiger partial charge in [0, 0.05) is 36.6 Å². The van der Waals surface area contributed by atoms with Crippen LogP contribution in [0.15, 0.2) is 42.7 Å². The Labute approximate surface area is 163 Å². The zero-order chi connectivity index (χ0) is 19.9. The van der Waals surface area contributed by atoms with Crippen LogP contribution in [0.2, 0.25) is 0 Å². The largest absolute Gasteiger partial charge is 0.497 e. The fraction of sp³-hybridized carbons (Fsp3) is 0.263. The number of rotatable bonds is 7. The van der Waals surface area contributed by atoms with Crippen molar-refractivity contribution in [1.82, 2.24) is 25.1 Å². The molecule has 28 heavy (non-hydrogen) atoms. The summed E-state index contributed by atoms with van der Waals surface area (Å²) >= 11 is 0. The molecule has 3 rings (SSSR count). The molecule has 2 amide bonds. The first kappa shape index (κ1) is 19.2. The molecule has 1 aromatic carbocycles. The van der Waals surface area contributed by atoms with Gasteiger partial charge < -0.3 is 20.7 Å². The first-order chi connectivity index (χ1) is 13.5. The van der Waals surface area contributed by atoms with Crippen LogP contribution in [-0.2, 0) is 0 Å². The third-order valence-corrected chi connectivity index (χ3v) is 3.92. The number of methoxy groups -OCH3 is 1. The summed E-state index contributed by atoms with van der Waals surface area (Å²) in [6.07, 6.45) is 1.48. The van der Waals surface area contributed by atoms with Crippen LogP contribution in [0.5, 0.6) is 5.75 Å². The summed E-state index contributed by atoms with van der Waals surface area (Å²) in [4.78, 5) is 20.4. The topological polar surface area (TPSA) is 106 Å². The van der Waals surface area contributed by atoms with Crippen LogP contribution < -0.4 is 20.7 Å². The van der Waals surface area contributed by atoms with Gasteiger partial charge in [0.05, 0.1) is 12.8 Å². The molecule has 0 radical (unpaired) electrons. The number of carbonyl (C=O) groups excluding carboxylic acids is 1. The van der Waals surface area contributed by atoms with Gasteiger partial charge in [-0.15, -0.1) is 0 Å². The predicted molar refractivity (Wildman–Crippen MR) is 107 cm³/mol. The highest BCUT2D eigenvalue weighted by Gasteiger charge is 2.07. The fourth-order valence-electron chi connectivity index (χ4n) is 2.66. The average Bonchev–Trinajstić information content (AvgIpc) is 3.04. The van der Waals surface area contributed by atoms with Crippen LogP contribution in [-0.4, -0.2) is 46.0 Å². The SMILES string of the molecule is COc1cccc(NC(=O)NCCNc2cc(-n3nc(C)cc3C)ncn2)c1. The first-order valence-electron chi connectivity index (χ1n) is 8.83. The van der Waals surface area contributed by atoms with Gasteiger partial charge >= 0.3 is 6.03 Å². The number of benzene rings is 1. The van der Waals surface area contributed by atoms with Gasteiger partial charge in [-0.25, -0.2) is 19.4 Å². The number of nitrogens with zero attached hydrogens (tertiary/aromatic N) is 4. The Hall–Kier alpha value is -3.62. The monoisotopic (exact) mass is 381 g/mol. The van der Waals surface area contributed by atoms with Crippen molar-refractivity contribution in [2.45, 2.75) is 13.8 Å². The van der Waals surface area contributed by atoms with Crippen molar-refractivity contribution in [1.29, 1.82) is 0 Å². The number of urea groups is 1. The van der Waals surface area contributed by atoms with Crippen molar-refractivity contribution < 1.29 is 9.53 Å². The summed E-state index contributed by atoms with van der Waals surface area (Å²) in [6, 6.07) is 10.7. The van der Waals surface area contributed by atoms with Crippen molar-refractivity contribution in [3.63, 3.8) is 0 Å². The smallest absolute Gasteiger partial charge is 0.319 e. The van der Waals surface area contributed by atoms with Crippen molar-refractivity contribution in [2.24, 2.45) is 0 Å². The molecular formula is C19H23N7O2. The molecule has 0 fully saturated rings. The second kappa shape index (κ2) is 8.85. The van der Waals surface area contributed by atoms with Crippen molar-refractivity contribution >= 4 is 17.5 Å². The standard InChI is InChI=1S/C19H23N7O2/c1-13-9-14(2)26(25-13)18-11-17(22-12-23-18)20-7-8-21-19(27)24-15-5-4-6-16(10-15)28-3/h4-6,9-12H,7-8H2,1-3H3,(H,20,22,23)(H2,21,24,27). The molecule has 0 spiro atoms. The minimum atomic E-state index is -0.291. The molecule has 3 N–H and O–H groups in total. The van der Waals surface area contributed by atoms with Gasteiger partial charge in [0.1, 0.15) is 17.9 Å². The number of nitrogens with one attached hydrogen (secondary N) is 3. The molecule has 2 heterocycles. The maximum absolute atomic E-state index is 12.0. The molecule has 0 saturated carbocycles. The van der Waals surface area contributed by atoms with E-state index in [2.05, 4.69) is 31.0 Å². The van der Waals surface area contributed by atoms with Crippen LogP contribution in [0.4, 0.5) is 16.3 Å². The zero-order valence-electron chi connectivity index (χ0n) is 16.1. The van der Waals surface area contributed by atoms with Gasteiger partial charge in [-0.05, 0) is 32.0 Å². The summed E-state index contributed by atoms with van der Waals surface area (Å²) in [5.74, 6) is 2.03. The second-order valence-corrected chi connectivity index (χ2v) is 6.14. The van der Waals surface area contributed by atoms with Gasteiger partial charge in [-0.3, -0.25) is 0 Å². The minimum absolute atomic E-state index is 0.291. The zero-order valence-corrected chi connectivity index (χ0v) is 16.1. The summed E-state index contributed by atoms with van der Waals surface area (Å²) in [5.41, 5.74) is 2.59. The van der Waals surface area contributed by atoms with E-state index in [1.807, 2.05) is 38.1 Å². The first-order valence-corrected chi connectivity index (χ1v) is 8.83. The number of hydrogen-bond acceptors (Lipinski definition) is 6. The Bertz CT molecular complexity index is 955. The predicted octanol–water partition coefficient (Wildman–Crippen LogP) is 2.52. The lowest BCUT2D eigenvalue weighted by Crippen LogP contribution is -2.32. The average molecular weight is 381 g/mol. The van der Waals surface area contributed by atoms with E-state index in [0.717, 1.165) is 11.4 Å².